The number of carbonyl (C=O) groups is 2. The lowest BCUT2D eigenvalue weighted by molar-refractivity contribution is -0.138. The average molecular weight is 229 g/mol. The van der Waals surface area contributed by atoms with Gasteiger partial charge in [0, 0.05) is 25.9 Å². The van der Waals surface area contributed by atoms with Crippen LogP contribution >= 0.6 is 0 Å². The summed E-state index contributed by atoms with van der Waals surface area (Å²) in [6.45, 7) is 9.32. The third-order valence-electron chi connectivity index (χ3n) is 2.37. The smallest absolute Gasteiger partial charge is 0.303 e. The molecule has 0 rings (SSSR count). The molecule has 4 heteroatoms. The molecule has 1 atom stereocenters. The molecule has 0 saturated carbocycles. The predicted molar refractivity (Wildman–Crippen MR) is 63.1 cm³/mol. The highest BCUT2D eigenvalue weighted by Gasteiger charge is 2.17. The first-order chi connectivity index (χ1) is 7.36. The predicted octanol–water partition coefficient (Wildman–Crippen LogP) is 1.99. The van der Waals surface area contributed by atoms with E-state index in [9.17, 15) is 9.59 Å². The van der Waals surface area contributed by atoms with Crippen LogP contribution in [0.5, 0.6) is 0 Å². The Balaban J connectivity index is 4.15. The number of carboxylic acids is 1. The molecule has 1 amide bonds. The maximum absolute atomic E-state index is 11.8. The Hall–Kier alpha value is -1.06. The van der Waals surface area contributed by atoms with Gasteiger partial charge in [0.1, 0.15) is 0 Å². The van der Waals surface area contributed by atoms with Gasteiger partial charge in [0.15, 0.2) is 0 Å². The first kappa shape index (κ1) is 14.9. The number of nitrogens with zero attached hydrogens (tertiary/aromatic N) is 1. The Morgan fingerprint density at radius 2 is 1.75 bits per heavy atom. The van der Waals surface area contributed by atoms with Gasteiger partial charge in [-0.1, -0.05) is 20.8 Å². The quantitative estimate of drug-likeness (QED) is 0.726. The molecule has 1 unspecified atom stereocenters. The van der Waals surface area contributed by atoms with Gasteiger partial charge in [-0.05, 0) is 18.8 Å². The fraction of sp³-hybridized carbons (Fsp3) is 0.833. The zero-order valence-electron chi connectivity index (χ0n) is 10.7. The van der Waals surface area contributed by atoms with Gasteiger partial charge in [-0.3, -0.25) is 9.59 Å². The van der Waals surface area contributed by atoms with Crippen LogP contribution in [0.25, 0.3) is 0 Å². The molecule has 0 bridgehead atoms. The van der Waals surface area contributed by atoms with E-state index in [2.05, 4.69) is 13.8 Å². The zero-order chi connectivity index (χ0) is 12.7. The Morgan fingerprint density at radius 3 is 2.12 bits per heavy atom. The monoisotopic (exact) mass is 229 g/mol. The largest absolute Gasteiger partial charge is 0.481 e. The van der Waals surface area contributed by atoms with E-state index < -0.39 is 5.97 Å². The van der Waals surface area contributed by atoms with E-state index in [1.165, 1.54) is 0 Å². The summed E-state index contributed by atoms with van der Waals surface area (Å²) in [5.41, 5.74) is 0. The molecule has 0 aromatic carbocycles. The molecule has 94 valence electrons. The highest BCUT2D eigenvalue weighted by Crippen LogP contribution is 2.11. The van der Waals surface area contributed by atoms with E-state index >= 15 is 0 Å². The molecule has 0 aliphatic heterocycles. The normalized spacial score (nSPS) is 12.6. The molecular weight excluding hydrogens is 206 g/mol. The van der Waals surface area contributed by atoms with Crippen molar-refractivity contribution in [3.8, 4) is 0 Å². The first-order valence-electron chi connectivity index (χ1n) is 5.86. The van der Waals surface area contributed by atoms with Crippen LogP contribution in [0.15, 0.2) is 0 Å². The van der Waals surface area contributed by atoms with Crippen LogP contribution in [0.4, 0.5) is 0 Å². The van der Waals surface area contributed by atoms with Crippen molar-refractivity contribution in [3.05, 3.63) is 0 Å². The number of rotatable bonds is 7. The minimum absolute atomic E-state index is 0.0601. The van der Waals surface area contributed by atoms with Gasteiger partial charge in [-0.2, -0.15) is 0 Å². The molecule has 0 aromatic heterocycles. The number of carboxylic acid groups (broad SMARTS) is 1. The van der Waals surface area contributed by atoms with E-state index in [-0.39, 0.29) is 18.2 Å². The average Bonchev–Trinajstić information content (AvgIpc) is 2.11. The van der Waals surface area contributed by atoms with Gasteiger partial charge in [0.25, 0.3) is 0 Å². The summed E-state index contributed by atoms with van der Waals surface area (Å²) >= 11 is 0. The number of amides is 1. The van der Waals surface area contributed by atoms with E-state index in [4.69, 9.17) is 5.11 Å². The number of carbonyl (C=O) groups excluding carboxylic acids is 1. The van der Waals surface area contributed by atoms with E-state index in [0.29, 0.717) is 18.9 Å². The maximum Gasteiger partial charge on any atom is 0.303 e. The van der Waals surface area contributed by atoms with Crippen molar-refractivity contribution >= 4 is 11.9 Å². The summed E-state index contributed by atoms with van der Waals surface area (Å²) in [5.74, 6) is -0.429. The Bertz CT molecular complexity index is 238. The fourth-order valence-electron chi connectivity index (χ4n) is 1.65. The van der Waals surface area contributed by atoms with Crippen LogP contribution in [0, 0.1) is 11.8 Å². The van der Waals surface area contributed by atoms with Crippen molar-refractivity contribution in [3.63, 3.8) is 0 Å². The number of hydrogen-bond donors (Lipinski definition) is 1. The van der Waals surface area contributed by atoms with Gasteiger partial charge < -0.3 is 10.0 Å². The minimum atomic E-state index is -0.841. The molecule has 0 aliphatic rings. The lowest BCUT2D eigenvalue weighted by Crippen LogP contribution is -2.35. The Kier molecular flexibility index (Phi) is 6.77. The third-order valence-corrected chi connectivity index (χ3v) is 2.37. The van der Waals surface area contributed by atoms with Crippen molar-refractivity contribution in [1.29, 1.82) is 0 Å². The van der Waals surface area contributed by atoms with Crippen LogP contribution in [0.3, 0.4) is 0 Å². The summed E-state index contributed by atoms with van der Waals surface area (Å²) < 4.78 is 0. The van der Waals surface area contributed by atoms with Gasteiger partial charge in [0.05, 0.1) is 0 Å². The Labute approximate surface area is 97.6 Å². The molecule has 0 radical (unpaired) electrons. The van der Waals surface area contributed by atoms with Crippen LogP contribution in [-0.2, 0) is 9.59 Å². The second-order valence-corrected chi connectivity index (χ2v) is 4.73. The summed E-state index contributed by atoms with van der Waals surface area (Å²) in [7, 11) is 0. The van der Waals surface area contributed by atoms with Crippen molar-refractivity contribution in [2.24, 2.45) is 11.8 Å². The molecule has 16 heavy (non-hydrogen) atoms. The molecule has 0 spiro atoms. The van der Waals surface area contributed by atoms with Crippen LogP contribution in [-0.4, -0.2) is 35.0 Å². The lowest BCUT2D eigenvalue weighted by atomic mass is 10.0. The molecule has 0 aromatic rings. The highest BCUT2D eigenvalue weighted by molar-refractivity contribution is 5.77. The standard InChI is InChI=1S/C12H23NO3/c1-5-13(8-9(2)3)11(14)6-10(4)7-12(15)16/h9-10H,5-8H2,1-4H3,(H,15,16). The number of aliphatic carboxylic acids is 1. The molecular formula is C12H23NO3. The van der Waals surface area contributed by atoms with Crippen molar-refractivity contribution < 1.29 is 14.7 Å². The van der Waals surface area contributed by atoms with Gasteiger partial charge >= 0.3 is 5.97 Å². The lowest BCUT2D eigenvalue weighted by Gasteiger charge is -2.24. The molecule has 0 heterocycles. The highest BCUT2D eigenvalue weighted by atomic mass is 16.4. The fourth-order valence-corrected chi connectivity index (χ4v) is 1.65. The summed E-state index contributed by atoms with van der Waals surface area (Å²) in [6.07, 6.45) is 0.387. The van der Waals surface area contributed by atoms with E-state index in [1.54, 1.807) is 11.8 Å². The topological polar surface area (TPSA) is 57.6 Å². The zero-order valence-corrected chi connectivity index (χ0v) is 10.7. The van der Waals surface area contributed by atoms with E-state index in [1.807, 2.05) is 6.92 Å². The SMILES string of the molecule is CCN(CC(C)C)C(=O)CC(C)CC(=O)O. The molecule has 4 nitrogen and oxygen atoms in total. The first-order valence-corrected chi connectivity index (χ1v) is 5.86. The second kappa shape index (κ2) is 7.25. The number of hydrogen-bond acceptors (Lipinski definition) is 2. The van der Waals surface area contributed by atoms with Crippen LogP contribution < -0.4 is 0 Å². The van der Waals surface area contributed by atoms with Gasteiger partial charge in [-0.15, -0.1) is 0 Å². The van der Waals surface area contributed by atoms with Crippen molar-refractivity contribution in [1.82, 2.24) is 4.90 Å². The summed E-state index contributed by atoms with van der Waals surface area (Å²) in [6, 6.07) is 0. The molecule has 0 saturated heterocycles. The Morgan fingerprint density at radius 1 is 1.19 bits per heavy atom. The summed E-state index contributed by atoms with van der Waals surface area (Å²) in [4.78, 5) is 24.1. The molecule has 0 fully saturated rings. The summed E-state index contributed by atoms with van der Waals surface area (Å²) in [5, 5.41) is 8.61. The molecule has 0 aliphatic carbocycles. The van der Waals surface area contributed by atoms with Crippen LogP contribution in [0.1, 0.15) is 40.5 Å². The van der Waals surface area contributed by atoms with Crippen LogP contribution in [0.2, 0.25) is 0 Å². The maximum atomic E-state index is 11.8. The van der Waals surface area contributed by atoms with Gasteiger partial charge in [-0.25, -0.2) is 0 Å². The van der Waals surface area contributed by atoms with Crippen molar-refractivity contribution in [2.45, 2.75) is 40.5 Å². The van der Waals surface area contributed by atoms with E-state index in [0.717, 1.165) is 6.54 Å². The molecule has 1 N–H and O–H groups in total. The van der Waals surface area contributed by atoms with Gasteiger partial charge in [0.2, 0.25) is 5.91 Å². The second-order valence-electron chi connectivity index (χ2n) is 4.73. The van der Waals surface area contributed by atoms with Crippen molar-refractivity contribution in [2.75, 3.05) is 13.1 Å². The third kappa shape index (κ3) is 6.43. The minimum Gasteiger partial charge on any atom is -0.481 e.